The van der Waals surface area contributed by atoms with Crippen LogP contribution in [0.15, 0.2) is 53.4 Å². The van der Waals surface area contributed by atoms with Gasteiger partial charge in [0.1, 0.15) is 0 Å². The molecule has 2 amide bonds. The van der Waals surface area contributed by atoms with Gasteiger partial charge in [0.2, 0.25) is 21.8 Å². The van der Waals surface area contributed by atoms with E-state index < -0.39 is 15.9 Å². The van der Waals surface area contributed by atoms with Gasteiger partial charge in [0.15, 0.2) is 0 Å². The van der Waals surface area contributed by atoms with Crippen LogP contribution in [-0.4, -0.2) is 26.8 Å². The maximum absolute atomic E-state index is 12.2. The predicted octanol–water partition coefficient (Wildman–Crippen LogP) is 1.55. The van der Waals surface area contributed by atoms with Crippen molar-refractivity contribution in [1.29, 1.82) is 0 Å². The van der Waals surface area contributed by atoms with Crippen LogP contribution in [0.3, 0.4) is 0 Å². The summed E-state index contributed by atoms with van der Waals surface area (Å²) in [6.45, 7) is 3.30. The van der Waals surface area contributed by atoms with E-state index in [1.165, 1.54) is 31.2 Å². The van der Waals surface area contributed by atoms with Crippen molar-refractivity contribution in [2.45, 2.75) is 25.3 Å². The van der Waals surface area contributed by atoms with E-state index in [-0.39, 0.29) is 17.3 Å². The highest BCUT2D eigenvalue weighted by atomic mass is 32.2. The zero-order valence-corrected chi connectivity index (χ0v) is 15.4. The number of benzene rings is 2. The molecule has 2 aromatic rings. The van der Waals surface area contributed by atoms with Gasteiger partial charge in [0.25, 0.3) is 0 Å². The van der Waals surface area contributed by atoms with Crippen molar-refractivity contribution in [2.75, 3.05) is 11.9 Å². The van der Waals surface area contributed by atoms with Gasteiger partial charge in [-0.25, -0.2) is 13.1 Å². The van der Waals surface area contributed by atoms with Crippen LogP contribution in [0.5, 0.6) is 0 Å². The predicted molar refractivity (Wildman–Crippen MR) is 99.0 cm³/mol. The van der Waals surface area contributed by atoms with E-state index in [2.05, 4.69) is 15.4 Å². The molecule has 26 heavy (non-hydrogen) atoms. The molecule has 0 bridgehead atoms. The molecule has 2 aromatic carbocycles. The van der Waals surface area contributed by atoms with E-state index in [9.17, 15) is 18.0 Å². The molecule has 0 aliphatic heterocycles. The number of aryl methyl sites for hydroxylation is 1. The summed E-state index contributed by atoms with van der Waals surface area (Å²) in [6, 6.07) is 13.4. The van der Waals surface area contributed by atoms with Gasteiger partial charge in [-0.05, 0) is 36.8 Å². The number of carbonyl (C=O) groups excluding carboxylic acids is 2. The molecule has 0 aliphatic carbocycles. The summed E-state index contributed by atoms with van der Waals surface area (Å²) in [5.74, 6) is -0.673. The third kappa shape index (κ3) is 5.98. The molecule has 0 fully saturated rings. The Bertz CT molecular complexity index is 876. The average Bonchev–Trinajstić information content (AvgIpc) is 2.59. The van der Waals surface area contributed by atoms with Crippen molar-refractivity contribution < 1.29 is 18.0 Å². The standard InChI is InChI=1S/C18H21N3O4S/c1-13-3-5-15(6-4-13)11-19-18(23)12-20-26(24,25)17-9-7-16(8-10-17)21-14(2)22/h3-10,20H,11-12H2,1-2H3,(H,19,23)(H,21,22). The second-order valence-corrected chi connectivity index (χ2v) is 7.56. The molecule has 138 valence electrons. The summed E-state index contributed by atoms with van der Waals surface area (Å²) >= 11 is 0. The lowest BCUT2D eigenvalue weighted by Crippen LogP contribution is -2.36. The number of hydrogen-bond acceptors (Lipinski definition) is 4. The van der Waals surface area contributed by atoms with E-state index in [0.29, 0.717) is 12.2 Å². The second kappa shape index (κ2) is 8.59. The maximum Gasteiger partial charge on any atom is 0.241 e. The third-order valence-corrected chi connectivity index (χ3v) is 4.94. The summed E-state index contributed by atoms with van der Waals surface area (Å²) in [6.07, 6.45) is 0. The van der Waals surface area contributed by atoms with Crippen LogP contribution in [0.1, 0.15) is 18.1 Å². The highest BCUT2D eigenvalue weighted by molar-refractivity contribution is 7.89. The molecular weight excluding hydrogens is 354 g/mol. The van der Waals surface area contributed by atoms with Crippen molar-refractivity contribution in [3.63, 3.8) is 0 Å². The van der Waals surface area contributed by atoms with Crippen LogP contribution in [0.4, 0.5) is 5.69 Å². The van der Waals surface area contributed by atoms with Gasteiger partial charge in [-0.1, -0.05) is 29.8 Å². The SMILES string of the molecule is CC(=O)Nc1ccc(S(=O)(=O)NCC(=O)NCc2ccc(C)cc2)cc1. The maximum atomic E-state index is 12.2. The Kier molecular flexibility index (Phi) is 6.48. The molecule has 8 heteroatoms. The van der Waals surface area contributed by atoms with Crippen LogP contribution in [0.25, 0.3) is 0 Å². The number of nitrogens with one attached hydrogen (secondary N) is 3. The van der Waals surface area contributed by atoms with Gasteiger partial charge in [-0.2, -0.15) is 0 Å². The van der Waals surface area contributed by atoms with E-state index in [4.69, 9.17) is 0 Å². The van der Waals surface area contributed by atoms with Crippen LogP contribution in [0.2, 0.25) is 0 Å². The minimum absolute atomic E-state index is 0.0120. The van der Waals surface area contributed by atoms with Gasteiger partial charge in [0.05, 0.1) is 11.4 Å². The molecule has 0 aromatic heterocycles. The van der Waals surface area contributed by atoms with E-state index >= 15 is 0 Å². The first-order chi connectivity index (χ1) is 12.3. The van der Waals surface area contributed by atoms with Crippen LogP contribution < -0.4 is 15.4 Å². The van der Waals surface area contributed by atoms with Gasteiger partial charge in [0, 0.05) is 19.2 Å². The fraction of sp³-hybridized carbons (Fsp3) is 0.222. The monoisotopic (exact) mass is 375 g/mol. The molecule has 0 radical (unpaired) electrons. The minimum Gasteiger partial charge on any atom is -0.351 e. The number of rotatable bonds is 7. The fourth-order valence-corrected chi connectivity index (χ4v) is 3.12. The quantitative estimate of drug-likeness (QED) is 0.683. The van der Waals surface area contributed by atoms with Crippen molar-refractivity contribution in [3.8, 4) is 0 Å². The van der Waals surface area contributed by atoms with Crippen molar-refractivity contribution in [1.82, 2.24) is 10.0 Å². The summed E-state index contributed by atoms with van der Waals surface area (Å²) in [5, 5.41) is 5.21. The van der Waals surface area contributed by atoms with Gasteiger partial charge < -0.3 is 10.6 Å². The van der Waals surface area contributed by atoms with Gasteiger partial charge >= 0.3 is 0 Å². The summed E-state index contributed by atoms with van der Waals surface area (Å²) in [4.78, 5) is 22.8. The molecule has 0 spiro atoms. The Labute approximate surface area is 152 Å². The molecule has 7 nitrogen and oxygen atoms in total. The average molecular weight is 375 g/mol. The Morgan fingerprint density at radius 1 is 0.962 bits per heavy atom. The Balaban J connectivity index is 1.87. The summed E-state index contributed by atoms with van der Waals surface area (Å²) in [7, 11) is -3.81. The van der Waals surface area contributed by atoms with Crippen molar-refractivity contribution in [2.24, 2.45) is 0 Å². The van der Waals surface area contributed by atoms with Gasteiger partial charge in [-0.3, -0.25) is 9.59 Å². The smallest absolute Gasteiger partial charge is 0.241 e. The second-order valence-electron chi connectivity index (χ2n) is 5.79. The fourth-order valence-electron chi connectivity index (χ4n) is 2.13. The first-order valence-electron chi connectivity index (χ1n) is 7.96. The zero-order chi connectivity index (χ0) is 19.2. The molecule has 0 aliphatic rings. The molecule has 0 heterocycles. The first kappa shape index (κ1) is 19.6. The molecule has 0 atom stereocenters. The lowest BCUT2D eigenvalue weighted by Gasteiger charge is -2.09. The number of hydrogen-bond donors (Lipinski definition) is 3. The Morgan fingerprint density at radius 3 is 2.15 bits per heavy atom. The van der Waals surface area contributed by atoms with Crippen LogP contribution in [0, 0.1) is 6.92 Å². The lowest BCUT2D eigenvalue weighted by molar-refractivity contribution is -0.120. The normalized spacial score (nSPS) is 11.0. The lowest BCUT2D eigenvalue weighted by atomic mass is 10.1. The largest absolute Gasteiger partial charge is 0.351 e. The molecular formula is C18H21N3O4S. The first-order valence-corrected chi connectivity index (χ1v) is 9.44. The van der Waals surface area contributed by atoms with E-state index in [1.54, 1.807) is 0 Å². The molecule has 0 saturated carbocycles. The Morgan fingerprint density at radius 2 is 1.58 bits per heavy atom. The van der Waals surface area contributed by atoms with Gasteiger partial charge in [-0.15, -0.1) is 0 Å². The number of amides is 2. The molecule has 0 unspecified atom stereocenters. The zero-order valence-electron chi connectivity index (χ0n) is 14.6. The third-order valence-electron chi connectivity index (χ3n) is 3.52. The molecule has 3 N–H and O–H groups in total. The minimum atomic E-state index is -3.81. The summed E-state index contributed by atoms with van der Waals surface area (Å²) in [5.41, 5.74) is 2.55. The van der Waals surface area contributed by atoms with E-state index in [1.807, 2.05) is 31.2 Å². The number of sulfonamides is 1. The Hall–Kier alpha value is -2.71. The van der Waals surface area contributed by atoms with Crippen LogP contribution >= 0.6 is 0 Å². The highest BCUT2D eigenvalue weighted by Gasteiger charge is 2.15. The molecule has 0 saturated heterocycles. The van der Waals surface area contributed by atoms with Crippen molar-refractivity contribution >= 4 is 27.5 Å². The number of anilines is 1. The van der Waals surface area contributed by atoms with Crippen LogP contribution in [-0.2, 0) is 26.2 Å². The summed E-state index contributed by atoms with van der Waals surface area (Å²) < 4.78 is 26.7. The topological polar surface area (TPSA) is 104 Å². The molecule has 2 rings (SSSR count). The highest BCUT2D eigenvalue weighted by Crippen LogP contribution is 2.13. The van der Waals surface area contributed by atoms with E-state index in [0.717, 1.165) is 11.1 Å². The number of carbonyl (C=O) groups is 2. The van der Waals surface area contributed by atoms with Crippen molar-refractivity contribution in [3.05, 3.63) is 59.7 Å².